The molecule has 0 aromatic heterocycles. The zero-order chi connectivity index (χ0) is 21.5. The van der Waals surface area contributed by atoms with E-state index in [1.165, 1.54) is 5.57 Å². The monoisotopic (exact) mass is 436 g/mol. The average molecular weight is 437 g/mol. The van der Waals surface area contributed by atoms with Crippen LogP contribution in [0.4, 0.5) is 0 Å². The number of ketones is 1. The van der Waals surface area contributed by atoms with Gasteiger partial charge in [-0.15, -0.1) is 0 Å². The minimum absolute atomic E-state index is 0.0608. The lowest BCUT2D eigenvalue weighted by molar-refractivity contribution is -0.181. The van der Waals surface area contributed by atoms with Crippen molar-refractivity contribution in [3.05, 3.63) is 11.6 Å². The van der Waals surface area contributed by atoms with Gasteiger partial charge in [0.25, 0.3) is 10.1 Å². The summed E-state index contributed by atoms with van der Waals surface area (Å²) in [7, 11) is -3.65. The van der Waals surface area contributed by atoms with E-state index < -0.39 is 21.8 Å². The van der Waals surface area contributed by atoms with Crippen LogP contribution >= 0.6 is 0 Å². The van der Waals surface area contributed by atoms with Crippen LogP contribution in [0.3, 0.4) is 0 Å². The van der Waals surface area contributed by atoms with Gasteiger partial charge in [-0.25, -0.2) is 0 Å². The Bertz CT molecular complexity index is 937. The molecule has 0 aromatic rings. The van der Waals surface area contributed by atoms with Crippen molar-refractivity contribution in [3.63, 3.8) is 0 Å². The number of carbonyl (C=O) groups excluding carboxylic acids is 2. The molecule has 1 aliphatic heterocycles. The second kappa shape index (κ2) is 6.41. The molecule has 3 saturated carbocycles. The summed E-state index contributed by atoms with van der Waals surface area (Å²) in [5, 5.41) is 0. The standard InChI is InChI=1S/C23H32O6S/c1-21-9-6-15(24)12-14(21)4-5-16-17-7-10-23(11-8-19(25)28-23)22(17,2)13-18(20(16)21)29-30(3,26)27/h12,16-18,20H,4-11,13H2,1-3H3/t16-,17-,18+,20+,21-,22-,23+/m0/s1. The second-order valence-corrected chi connectivity index (χ2v) is 12.5. The normalized spacial score (nSPS) is 48.0. The van der Waals surface area contributed by atoms with Crippen LogP contribution in [0.25, 0.3) is 0 Å². The van der Waals surface area contributed by atoms with Gasteiger partial charge in [0.1, 0.15) is 5.60 Å². The van der Waals surface area contributed by atoms with E-state index in [9.17, 15) is 18.0 Å². The summed E-state index contributed by atoms with van der Waals surface area (Å²) in [5.74, 6) is 0.796. The number of hydrogen-bond acceptors (Lipinski definition) is 6. The first-order chi connectivity index (χ1) is 14.0. The van der Waals surface area contributed by atoms with Crippen molar-refractivity contribution in [2.45, 2.75) is 83.3 Å². The van der Waals surface area contributed by atoms with Crippen molar-refractivity contribution in [2.24, 2.45) is 28.6 Å². The third kappa shape index (κ3) is 2.80. The molecule has 4 fully saturated rings. The van der Waals surface area contributed by atoms with Crippen LogP contribution in [0.5, 0.6) is 0 Å². The second-order valence-electron chi connectivity index (χ2n) is 10.9. The molecule has 0 radical (unpaired) electrons. The lowest BCUT2D eigenvalue weighted by Gasteiger charge is -2.61. The number of ether oxygens (including phenoxy) is 1. The Kier molecular flexibility index (Phi) is 4.42. The van der Waals surface area contributed by atoms with Crippen LogP contribution in [0.1, 0.15) is 71.6 Å². The molecule has 0 N–H and O–H groups in total. The summed E-state index contributed by atoms with van der Waals surface area (Å²) in [6.45, 7) is 4.42. The highest BCUT2D eigenvalue weighted by Gasteiger charge is 2.69. The third-order valence-electron chi connectivity index (χ3n) is 9.51. The Labute approximate surface area is 178 Å². The molecule has 0 bridgehead atoms. The maximum absolute atomic E-state index is 12.3. The molecule has 5 rings (SSSR count). The van der Waals surface area contributed by atoms with E-state index in [2.05, 4.69) is 13.8 Å². The Balaban J connectivity index is 1.60. The summed E-state index contributed by atoms with van der Waals surface area (Å²) in [4.78, 5) is 24.2. The first-order valence-corrected chi connectivity index (χ1v) is 13.1. The Morgan fingerprint density at radius 2 is 1.83 bits per heavy atom. The zero-order valence-electron chi connectivity index (χ0n) is 18.1. The molecule has 0 aromatic carbocycles. The molecule has 1 spiro atoms. The van der Waals surface area contributed by atoms with Gasteiger partial charge in [0, 0.05) is 18.3 Å². The minimum Gasteiger partial charge on any atom is -0.458 e. The van der Waals surface area contributed by atoms with Crippen molar-refractivity contribution >= 4 is 21.9 Å². The topological polar surface area (TPSA) is 86.7 Å². The number of esters is 1. The summed E-state index contributed by atoms with van der Waals surface area (Å²) in [6.07, 6.45) is 9.18. The molecule has 7 atom stereocenters. The van der Waals surface area contributed by atoms with Gasteiger partial charge in [-0.1, -0.05) is 19.4 Å². The van der Waals surface area contributed by atoms with E-state index in [1.807, 2.05) is 6.08 Å². The number of carbonyl (C=O) groups is 2. The van der Waals surface area contributed by atoms with E-state index >= 15 is 0 Å². The van der Waals surface area contributed by atoms with Gasteiger partial charge < -0.3 is 4.74 Å². The molecule has 5 aliphatic rings. The largest absolute Gasteiger partial charge is 0.458 e. The van der Waals surface area contributed by atoms with E-state index in [0.29, 0.717) is 31.1 Å². The Morgan fingerprint density at radius 1 is 1.07 bits per heavy atom. The number of hydrogen-bond donors (Lipinski definition) is 0. The molecule has 30 heavy (non-hydrogen) atoms. The van der Waals surface area contributed by atoms with Gasteiger partial charge in [0.15, 0.2) is 5.78 Å². The zero-order valence-corrected chi connectivity index (χ0v) is 18.9. The Morgan fingerprint density at radius 3 is 2.50 bits per heavy atom. The van der Waals surface area contributed by atoms with Crippen molar-refractivity contribution in [1.82, 2.24) is 0 Å². The third-order valence-corrected chi connectivity index (χ3v) is 10.1. The molecule has 1 heterocycles. The fourth-order valence-electron chi connectivity index (χ4n) is 8.24. The summed E-state index contributed by atoms with van der Waals surface area (Å²) < 4.78 is 36.3. The van der Waals surface area contributed by atoms with Gasteiger partial charge in [0.05, 0.1) is 12.4 Å². The molecule has 6 nitrogen and oxygen atoms in total. The molecule has 7 heteroatoms. The summed E-state index contributed by atoms with van der Waals surface area (Å²) in [6, 6.07) is 0. The van der Waals surface area contributed by atoms with E-state index in [0.717, 1.165) is 44.8 Å². The minimum atomic E-state index is -3.65. The molecular weight excluding hydrogens is 404 g/mol. The van der Waals surface area contributed by atoms with Crippen LogP contribution in [0.2, 0.25) is 0 Å². The van der Waals surface area contributed by atoms with Crippen molar-refractivity contribution in [1.29, 1.82) is 0 Å². The fourth-order valence-corrected chi connectivity index (χ4v) is 8.88. The molecule has 4 aliphatic carbocycles. The quantitative estimate of drug-likeness (QED) is 0.486. The highest BCUT2D eigenvalue weighted by Crippen LogP contribution is 2.70. The lowest BCUT2D eigenvalue weighted by Crippen LogP contribution is -2.60. The van der Waals surface area contributed by atoms with Crippen molar-refractivity contribution < 1.29 is 26.9 Å². The molecular formula is C23H32O6S. The lowest BCUT2D eigenvalue weighted by atomic mass is 9.45. The van der Waals surface area contributed by atoms with Crippen LogP contribution in [-0.4, -0.2) is 38.1 Å². The smallest absolute Gasteiger partial charge is 0.306 e. The average Bonchev–Trinajstić information content (AvgIpc) is 3.15. The number of allylic oxidation sites excluding steroid dienone is 1. The molecule has 0 unspecified atom stereocenters. The van der Waals surface area contributed by atoms with E-state index in [4.69, 9.17) is 8.92 Å². The van der Waals surface area contributed by atoms with Crippen LogP contribution in [0, 0.1) is 28.6 Å². The van der Waals surface area contributed by atoms with Crippen LogP contribution in [-0.2, 0) is 28.6 Å². The predicted octanol–water partition coefficient (Wildman–Crippen LogP) is 3.55. The highest BCUT2D eigenvalue weighted by molar-refractivity contribution is 7.86. The fraction of sp³-hybridized carbons (Fsp3) is 0.826. The maximum atomic E-state index is 12.3. The van der Waals surface area contributed by atoms with Crippen molar-refractivity contribution in [3.8, 4) is 0 Å². The molecule has 0 amide bonds. The van der Waals surface area contributed by atoms with Gasteiger partial charge in [0.2, 0.25) is 0 Å². The van der Waals surface area contributed by atoms with Gasteiger partial charge in [-0.05, 0) is 74.2 Å². The Hall–Kier alpha value is -1.21. The van der Waals surface area contributed by atoms with Gasteiger partial charge >= 0.3 is 5.97 Å². The molecule has 1 saturated heterocycles. The maximum Gasteiger partial charge on any atom is 0.306 e. The SMILES string of the molecule is C[C@]12CCC(=O)C=C1CC[C@@H]1[C@@H]2[C@H](OS(C)(=O)=O)C[C@@]2(C)[C@H]1CC[C@@]21CCC(=O)O1. The predicted molar refractivity (Wildman–Crippen MR) is 110 cm³/mol. The van der Waals surface area contributed by atoms with Gasteiger partial charge in [-0.3, -0.25) is 13.8 Å². The summed E-state index contributed by atoms with van der Waals surface area (Å²) >= 11 is 0. The molecule has 166 valence electrons. The first-order valence-electron chi connectivity index (χ1n) is 11.3. The van der Waals surface area contributed by atoms with E-state index in [-0.39, 0.29) is 28.5 Å². The summed E-state index contributed by atoms with van der Waals surface area (Å²) in [5.41, 5.74) is 0.192. The number of rotatable bonds is 2. The van der Waals surface area contributed by atoms with Crippen LogP contribution < -0.4 is 0 Å². The highest BCUT2D eigenvalue weighted by atomic mass is 32.2. The van der Waals surface area contributed by atoms with Crippen molar-refractivity contribution in [2.75, 3.05) is 6.26 Å². The van der Waals surface area contributed by atoms with Crippen LogP contribution in [0.15, 0.2) is 11.6 Å². The van der Waals surface area contributed by atoms with Gasteiger partial charge in [-0.2, -0.15) is 8.42 Å². The number of fused-ring (bicyclic) bond motifs is 6. The first kappa shape index (κ1) is 20.7. The van der Waals surface area contributed by atoms with E-state index in [1.54, 1.807) is 0 Å².